The summed E-state index contributed by atoms with van der Waals surface area (Å²) in [6.07, 6.45) is 0.941. The van der Waals surface area contributed by atoms with Crippen LogP contribution < -0.4 is 4.18 Å². The third-order valence-corrected chi connectivity index (χ3v) is 6.04. The fraction of sp³-hybridized carbons (Fsp3) is 0.294. The van der Waals surface area contributed by atoms with Gasteiger partial charge in [-0.25, -0.2) is 12.8 Å². The van der Waals surface area contributed by atoms with Gasteiger partial charge in [-0.2, -0.15) is 12.7 Å². The molecule has 9 heteroatoms. The lowest BCUT2D eigenvalue weighted by atomic mass is 10.2. The minimum atomic E-state index is -3.81. The van der Waals surface area contributed by atoms with Crippen molar-refractivity contribution in [3.63, 3.8) is 0 Å². The maximum Gasteiger partial charge on any atom is 0.306 e. The second-order valence-corrected chi connectivity index (χ2v) is 9.49. The van der Waals surface area contributed by atoms with Crippen molar-refractivity contribution >= 4 is 20.1 Å². The molecular weight excluding hydrogens is 381 g/mol. The van der Waals surface area contributed by atoms with E-state index < -0.39 is 26.0 Å². The van der Waals surface area contributed by atoms with Crippen LogP contribution in [0.3, 0.4) is 0 Å². The predicted molar refractivity (Wildman–Crippen MR) is 96.2 cm³/mol. The van der Waals surface area contributed by atoms with Crippen LogP contribution >= 0.6 is 0 Å². The van der Waals surface area contributed by atoms with Gasteiger partial charge < -0.3 is 4.18 Å². The smallest absolute Gasteiger partial charge is 0.306 e. The first-order chi connectivity index (χ1) is 12.0. The zero-order valence-corrected chi connectivity index (χ0v) is 16.2. The Labute approximate surface area is 153 Å². The molecular formula is C17H20FNO5S2. The highest BCUT2D eigenvalue weighted by molar-refractivity contribution is 7.89. The van der Waals surface area contributed by atoms with Crippen LogP contribution in [0.15, 0.2) is 53.4 Å². The molecule has 6 nitrogen and oxygen atoms in total. The van der Waals surface area contributed by atoms with Crippen LogP contribution in [0.4, 0.5) is 4.39 Å². The van der Waals surface area contributed by atoms with Crippen molar-refractivity contribution in [1.82, 2.24) is 4.31 Å². The number of hydrogen-bond acceptors (Lipinski definition) is 5. The third-order valence-electron chi connectivity index (χ3n) is 3.51. The lowest BCUT2D eigenvalue weighted by molar-refractivity contribution is 0.348. The summed E-state index contributed by atoms with van der Waals surface area (Å²) in [7, 11) is -7.44. The van der Waals surface area contributed by atoms with Gasteiger partial charge in [-0.15, -0.1) is 0 Å². The van der Waals surface area contributed by atoms with E-state index in [1.807, 2.05) is 0 Å². The van der Waals surface area contributed by atoms with Crippen molar-refractivity contribution in [2.75, 3.05) is 6.26 Å². The molecule has 0 saturated heterocycles. The Morgan fingerprint density at radius 1 is 0.962 bits per heavy atom. The standard InChI is InChI=1S/C17H20FNO5S2/c1-13(2)19(26(22,23)17-10-6-15(18)7-11-17)12-14-4-8-16(9-5-14)24-25(3,20)21/h4-11,13H,12H2,1-3H3. The van der Waals surface area contributed by atoms with Gasteiger partial charge in [0, 0.05) is 12.6 Å². The summed E-state index contributed by atoms with van der Waals surface area (Å²) in [6.45, 7) is 3.56. The molecule has 0 spiro atoms. The highest BCUT2D eigenvalue weighted by Gasteiger charge is 2.27. The Morgan fingerprint density at radius 3 is 1.96 bits per heavy atom. The topological polar surface area (TPSA) is 80.8 Å². The average molecular weight is 401 g/mol. The van der Waals surface area contributed by atoms with E-state index in [1.54, 1.807) is 26.0 Å². The summed E-state index contributed by atoms with van der Waals surface area (Å²) >= 11 is 0. The number of rotatable bonds is 7. The van der Waals surface area contributed by atoms with E-state index in [0.717, 1.165) is 18.4 Å². The SMILES string of the molecule is CC(C)N(Cc1ccc(OS(C)(=O)=O)cc1)S(=O)(=O)c1ccc(F)cc1. The highest BCUT2D eigenvalue weighted by atomic mass is 32.2. The molecule has 142 valence electrons. The van der Waals surface area contributed by atoms with E-state index >= 15 is 0 Å². The Bertz CT molecular complexity index is 953. The van der Waals surface area contributed by atoms with Crippen LogP contribution in [-0.4, -0.2) is 33.4 Å². The lowest BCUT2D eigenvalue weighted by Crippen LogP contribution is -2.36. The molecule has 0 fully saturated rings. The number of sulfonamides is 1. The fourth-order valence-corrected chi connectivity index (χ4v) is 4.38. The molecule has 0 aliphatic rings. The second kappa shape index (κ2) is 7.73. The molecule has 0 aromatic heterocycles. The number of hydrogen-bond donors (Lipinski definition) is 0. The van der Waals surface area contributed by atoms with Crippen molar-refractivity contribution in [2.45, 2.75) is 31.3 Å². The number of benzene rings is 2. The predicted octanol–water partition coefficient (Wildman–Crippen LogP) is 2.76. The van der Waals surface area contributed by atoms with Gasteiger partial charge in [0.2, 0.25) is 10.0 Å². The van der Waals surface area contributed by atoms with Gasteiger partial charge in [0.1, 0.15) is 11.6 Å². The Balaban J connectivity index is 2.27. The maximum atomic E-state index is 13.1. The summed E-state index contributed by atoms with van der Waals surface area (Å²) in [5.41, 5.74) is 0.658. The van der Waals surface area contributed by atoms with Gasteiger partial charge in [-0.1, -0.05) is 12.1 Å². The van der Waals surface area contributed by atoms with Gasteiger partial charge in [0.25, 0.3) is 0 Å². The summed E-state index contributed by atoms with van der Waals surface area (Å²) in [5.74, 6) is -0.366. The first-order valence-electron chi connectivity index (χ1n) is 7.75. The molecule has 0 heterocycles. The van der Waals surface area contributed by atoms with Crippen molar-refractivity contribution in [3.8, 4) is 5.75 Å². The largest absolute Gasteiger partial charge is 0.383 e. The van der Waals surface area contributed by atoms with Crippen LogP contribution in [0.2, 0.25) is 0 Å². The van der Waals surface area contributed by atoms with E-state index in [1.165, 1.54) is 28.6 Å². The molecule has 0 atom stereocenters. The van der Waals surface area contributed by atoms with E-state index in [2.05, 4.69) is 0 Å². The summed E-state index contributed by atoms with van der Waals surface area (Å²) in [4.78, 5) is 0.00429. The van der Waals surface area contributed by atoms with Crippen molar-refractivity contribution < 1.29 is 25.4 Å². The second-order valence-electron chi connectivity index (χ2n) is 6.03. The summed E-state index contributed by atoms with van der Waals surface area (Å²) in [5, 5.41) is 0. The highest BCUT2D eigenvalue weighted by Crippen LogP contribution is 2.22. The summed E-state index contributed by atoms with van der Waals surface area (Å²) < 4.78 is 67.1. The van der Waals surface area contributed by atoms with Crippen molar-refractivity contribution in [3.05, 3.63) is 59.9 Å². The third kappa shape index (κ3) is 5.26. The molecule has 0 saturated carbocycles. The minimum Gasteiger partial charge on any atom is -0.383 e. The van der Waals surface area contributed by atoms with Crippen LogP contribution in [0.5, 0.6) is 5.75 Å². The summed E-state index contributed by atoms with van der Waals surface area (Å²) in [6, 6.07) is 10.4. The Morgan fingerprint density at radius 2 is 1.50 bits per heavy atom. The molecule has 0 radical (unpaired) electrons. The quantitative estimate of drug-likeness (QED) is 0.667. The monoisotopic (exact) mass is 401 g/mol. The van der Waals surface area contributed by atoms with Gasteiger partial charge in [-0.3, -0.25) is 0 Å². The molecule has 2 rings (SSSR count). The van der Waals surface area contributed by atoms with E-state index in [0.29, 0.717) is 5.56 Å². The zero-order chi connectivity index (χ0) is 19.5. The number of halogens is 1. The normalized spacial score (nSPS) is 12.5. The minimum absolute atomic E-state index is 0.00429. The van der Waals surface area contributed by atoms with Gasteiger partial charge >= 0.3 is 10.1 Å². The molecule has 0 amide bonds. The molecule has 0 aliphatic carbocycles. The molecule has 0 N–H and O–H groups in total. The van der Waals surface area contributed by atoms with Gasteiger partial charge in [0.15, 0.2) is 0 Å². The van der Waals surface area contributed by atoms with Crippen LogP contribution in [0, 0.1) is 5.82 Å². The first kappa shape index (κ1) is 20.3. The van der Waals surface area contributed by atoms with Gasteiger partial charge in [0.05, 0.1) is 11.2 Å². The van der Waals surface area contributed by atoms with Crippen LogP contribution in [0.25, 0.3) is 0 Å². The molecule has 26 heavy (non-hydrogen) atoms. The van der Waals surface area contributed by atoms with Crippen LogP contribution in [0.1, 0.15) is 19.4 Å². The Kier molecular flexibility index (Phi) is 6.05. The van der Waals surface area contributed by atoms with Gasteiger partial charge in [-0.05, 0) is 55.8 Å². The molecule has 0 unspecified atom stereocenters. The van der Waals surface area contributed by atoms with Crippen molar-refractivity contribution in [1.29, 1.82) is 0 Å². The molecule has 2 aromatic rings. The van der Waals surface area contributed by atoms with E-state index in [4.69, 9.17) is 4.18 Å². The van der Waals surface area contributed by atoms with Crippen LogP contribution in [-0.2, 0) is 26.7 Å². The maximum absolute atomic E-state index is 13.1. The molecule has 0 aliphatic heterocycles. The van der Waals surface area contributed by atoms with E-state index in [-0.39, 0.29) is 23.2 Å². The fourth-order valence-electron chi connectivity index (χ4n) is 2.29. The Hall–Kier alpha value is -1.97. The first-order valence-corrected chi connectivity index (χ1v) is 11.0. The average Bonchev–Trinajstić information content (AvgIpc) is 2.52. The molecule has 0 bridgehead atoms. The van der Waals surface area contributed by atoms with E-state index in [9.17, 15) is 21.2 Å². The number of nitrogens with zero attached hydrogens (tertiary/aromatic N) is 1. The lowest BCUT2D eigenvalue weighted by Gasteiger charge is -2.26. The molecule has 2 aromatic carbocycles. The zero-order valence-electron chi connectivity index (χ0n) is 14.6. The van der Waals surface area contributed by atoms with Crippen molar-refractivity contribution in [2.24, 2.45) is 0 Å².